The number of rotatable bonds is 6. The number of carbonyl (C=O) groups excluding carboxylic acids is 3. The number of thiocarbonyl (C=S) groups is 1. The van der Waals surface area contributed by atoms with Crippen molar-refractivity contribution in [3.8, 4) is 11.3 Å². The van der Waals surface area contributed by atoms with Crippen LogP contribution in [0.1, 0.15) is 23.0 Å². The number of ether oxygens (including phenoxy) is 1. The fraction of sp³-hybridized carbons (Fsp3) is 0.143. The number of carbonyl (C=O) groups is 3. The molecule has 148 valence electrons. The molecule has 0 atom stereocenters. The molecule has 7 nitrogen and oxygen atoms in total. The molecule has 2 heterocycles. The predicted octanol–water partition coefficient (Wildman–Crippen LogP) is 2.94. The lowest BCUT2D eigenvalue weighted by atomic mass is 10.1. The molecule has 1 N–H and O–H groups in total. The first-order valence-electron chi connectivity index (χ1n) is 8.81. The minimum Gasteiger partial charge on any atom is -0.462 e. The average molecular weight is 410 g/mol. The molecule has 1 aliphatic heterocycles. The van der Waals surface area contributed by atoms with Crippen LogP contribution in [0.5, 0.6) is 0 Å². The van der Waals surface area contributed by atoms with Crippen LogP contribution in [-0.2, 0) is 14.3 Å². The minimum absolute atomic E-state index is 0.0406. The number of hydrogen-bond donors (Lipinski definition) is 1. The maximum absolute atomic E-state index is 12.5. The van der Waals surface area contributed by atoms with Gasteiger partial charge in [-0.25, -0.2) is 4.79 Å². The quantitative estimate of drug-likeness (QED) is 0.259. The molecule has 1 fully saturated rings. The summed E-state index contributed by atoms with van der Waals surface area (Å²) in [5, 5.41) is 2.52. The van der Waals surface area contributed by atoms with Gasteiger partial charge in [0.15, 0.2) is 5.11 Å². The number of esters is 1. The van der Waals surface area contributed by atoms with Crippen molar-refractivity contribution in [2.75, 3.05) is 13.2 Å². The fourth-order valence-corrected chi connectivity index (χ4v) is 2.95. The summed E-state index contributed by atoms with van der Waals surface area (Å²) < 4.78 is 10.7. The Labute approximate surface area is 172 Å². The first-order chi connectivity index (χ1) is 13.9. The smallest absolute Gasteiger partial charge is 0.338 e. The van der Waals surface area contributed by atoms with Crippen molar-refractivity contribution >= 4 is 41.2 Å². The summed E-state index contributed by atoms with van der Waals surface area (Å²) in [5.74, 6) is -0.645. The summed E-state index contributed by atoms with van der Waals surface area (Å²) in [6, 6.07) is 10.1. The molecule has 0 unspecified atom stereocenters. The first kappa shape index (κ1) is 20.2. The molecular weight excluding hydrogens is 392 g/mol. The molecule has 2 amide bonds. The van der Waals surface area contributed by atoms with Crippen molar-refractivity contribution in [3.05, 3.63) is 65.9 Å². The van der Waals surface area contributed by atoms with Gasteiger partial charge in [0.2, 0.25) is 0 Å². The third-order valence-corrected chi connectivity index (χ3v) is 4.41. The second-order valence-electron chi connectivity index (χ2n) is 6.02. The normalized spacial score (nSPS) is 15.4. The van der Waals surface area contributed by atoms with Crippen LogP contribution in [0.2, 0.25) is 0 Å². The third kappa shape index (κ3) is 4.33. The van der Waals surface area contributed by atoms with Crippen molar-refractivity contribution in [2.24, 2.45) is 0 Å². The van der Waals surface area contributed by atoms with E-state index in [1.165, 1.54) is 17.1 Å². The molecule has 1 aromatic carbocycles. The molecule has 0 radical (unpaired) electrons. The largest absolute Gasteiger partial charge is 0.462 e. The van der Waals surface area contributed by atoms with Crippen LogP contribution in [-0.4, -0.2) is 40.9 Å². The maximum Gasteiger partial charge on any atom is 0.338 e. The van der Waals surface area contributed by atoms with Gasteiger partial charge in [0, 0.05) is 12.1 Å². The number of nitrogens with one attached hydrogen (secondary N) is 1. The highest BCUT2D eigenvalue weighted by atomic mass is 32.1. The summed E-state index contributed by atoms with van der Waals surface area (Å²) in [4.78, 5) is 37.7. The minimum atomic E-state index is -0.586. The van der Waals surface area contributed by atoms with Crippen LogP contribution < -0.4 is 5.32 Å². The van der Waals surface area contributed by atoms with Gasteiger partial charge in [0.1, 0.15) is 17.1 Å². The molecule has 8 heteroatoms. The Morgan fingerprint density at radius 2 is 1.97 bits per heavy atom. The van der Waals surface area contributed by atoms with Gasteiger partial charge in [-0.05, 0) is 49.5 Å². The monoisotopic (exact) mass is 410 g/mol. The van der Waals surface area contributed by atoms with Crippen LogP contribution >= 0.6 is 12.2 Å². The Morgan fingerprint density at radius 1 is 1.24 bits per heavy atom. The van der Waals surface area contributed by atoms with Gasteiger partial charge < -0.3 is 9.15 Å². The van der Waals surface area contributed by atoms with Crippen molar-refractivity contribution in [3.63, 3.8) is 0 Å². The van der Waals surface area contributed by atoms with Crippen molar-refractivity contribution in [1.29, 1.82) is 0 Å². The van der Waals surface area contributed by atoms with E-state index in [2.05, 4.69) is 11.9 Å². The first-order valence-corrected chi connectivity index (χ1v) is 9.22. The Morgan fingerprint density at radius 3 is 2.62 bits per heavy atom. The Hall–Kier alpha value is -3.52. The molecule has 29 heavy (non-hydrogen) atoms. The SMILES string of the molecule is C=CCN1C(=O)C(=Cc2ccc(-c3ccc(C(=O)OCC)cc3)o2)C(=O)NC1=S. The van der Waals surface area contributed by atoms with E-state index in [1.54, 1.807) is 43.3 Å². The maximum atomic E-state index is 12.5. The summed E-state index contributed by atoms with van der Waals surface area (Å²) in [7, 11) is 0. The standard InChI is InChI=1S/C21H18N2O5S/c1-3-11-23-19(25)16(18(24)22-21(23)29)12-15-9-10-17(28-15)13-5-7-14(8-6-13)20(26)27-4-2/h3,5-10,12H,1,4,11H2,2H3,(H,22,24,29). The van der Waals surface area contributed by atoms with Crippen LogP contribution in [0.15, 0.2) is 59.0 Å². The molecule has 2 aromatic rings. The summed E-state index contributed by atoms with van der Waals surface area (Å²) in [6.45, 7) is 5.82. The Kier molecular flexibility index (Phi) is 6.04. The molecule has 1 saturated heterocycles. The van der Waals surface area contributed by atoms with E-state index in [4.69, 9.17) is 21.4 Å². The van der Waals surface area contributed by atoms with Crippen molar-refractivity contribution in [1.82, 2.24) is 10.2 Å². The predicted molar refractivity (Wildman–Crippen MR) is 111 cm³/mol. The highest BCUT2D eigenvalue weighted by molar-refractivity contribution is 7.80. The topological polar surface area (TPSA) is 88.8 Å². The van der Waals surface area contributed by atoms with Crippen LogP contribution in [0.4, 0.5) is 0 Å². The van der Waals surface area contributed by atoms with Crippen molar-refractivity contribution < 1.29 is 23.5 Å². The van der Waals surface area contributed by atoms with E-state index >= 15 is 0 Å². The molecule has 1 aliphatic rings. The van der Waals surface area contributed by atoms with Gasteiger partial charge >= 0.3 is 5.97 Å². The lowest BCUT2D eigenvalue weighted by Crippen LogP contribution is -2.53. The van der Waals surface area contributed by atoms with E-state index in [0.29, 0.717) is 23.7 Å². The fourth-order valence-electron chi connectivity index (χ4n) is 2.70. The van der Waals surface area contributed by atoms with Crippen LogP contribution in [0.25, 0.3) is 17.4 Å². The Bertz CT molecular complexity index is 1020. The van der Waals surface area contributed by atoms with Gasteiger partial charge in [0.05, 0.1) is 12.2 Å². The molecular formula is C21H18N2O5S. The molecule has 1 aromatic heterocycles. The zero-order chi connectivity index (χ0) is 21.0. The summed E-state index contributed by atoms with van der Waals surface area (Å²) >= 11 is 5.02. The molecule has 0 spiro atoms. The number of furan rings is 1. The lowest BCUT2D eigenvalue weighted by molar-refractivity contribution is -0.128. The number of amides is 2. The third-order valence-electron chi connectivity index (χ3n) is 4.09. The van der Waals surface area contributed by atoms with E-state index in [0.717, 1.165) is 5.56 Å². The molecule has 0 bridgehead atoms. The van der Waals surface area contributed by atoms with Crippen molar-refractivity contribution in [2.45, 2.75) is 6.92 Å². The summed E-state index contributed by atoms with van der Waals surface area (Å²) in [6.07, 6.45) is 2.89. The van der Waals surface area contributed by atoms with E-state index in [1.807, 2.05) is 0 Å². The van der Waals surface area contributed by atoms with Gasteiger partial charge in [-0.2, -0.15) is 0 Å². The average Bonchev–Trinajstić information content (AvgIpc) is 3.17. The van der Waals surface area contributed by atoms with Gasteiger partial charge in [0.25, 0.3) is 11.8 Å². The molecule has 0 aliphatic carbocycles. The highest BCUT2D eigenvalue weighted by Crippen LogP contribution is 2.25. The highest BCUT2D eigenvalue weighted by Gasteiger charge is 2.32. The second kappa shape index (κ2) is 8.66. The number of benzene rings is 1. The van der Waals surface area contributed by atoms with E-state index in [-0.39, 0.29) is 17.2 Å². The van der Waals surface area contributed by atoms with Gasteiger partial charge in [-0.1, -0.05) is 18.2 Å². The lowest BCUT2D eigenvalue weighted by Gasteiger charge is -2.27. The zero-order valence-corrected chi connectivity index (χ0v) is 16.5. The van der Waals surface area contributed by atoms with E-state index < -0.39 is 17.8 Å². The number of nitrogens with zero attached hydrogens (tertiary/aromatic N) is 1. The zero-order valence-electron chi connectivity index (χ0n) is 15.6. The number of hydrogen-bond acceptors (Lipinski definition) is 6. The molecule has 3 rings (SSSR count). The van der Waals surface area contributed by atoms with E-state index in [9.17, 15) is 14.4 Å². The second-order valence-corrected chi connectivity index (χ2v) is 6.41. The van der Waals surface area contributed by atoms with Gasteiger partial charge in [-0.15, -0.1) is 6.58 Å². The van der Waals surface area contributed by atoms with Gasteiger partial charge in [-0.3, -0.25) is 19.8 Å². The van der Waals surface area contributed by atoms with Crippen LogP contribution in [0, 0.1) is 0 Å². The Balaban J connectivity index is 1.83. The molecule has 0 saturated carbocycles. The summed E-state index contributed by atoms with van der Waals surface area (Å²) in [5.41, 5.74) is 1.09. The van der Waals surface area contributed by atoms with Crippen LogP contribution in [0.3, 0.4) is 0 Å².